The van der Waals surface area contributed by atoms with E-state index in [4.69, 9.17) is 16.9 Å². The van der Waals surface area contributed by atoms with Crippen molar-refractivity contribution in [3.8, 4) is 6.07 Å². The van der Waals surface area contributed by atoms with Gasteiger partial charge in [0, 0.05) is 37.3 Å². The molecule has 0 aliphatic carbocycles. The average molecular weight is 572 g/mol. The fourth-order valence-electron chi connectivity index (χ4n) is 5.48. The van der Waals surface area contributed by atoms with Gasteiger partial charge in [0.15, 0.2) is 0 Å². The second-order valence-electron chi connectivity index (χ2n) is 10.1. The molecule has 1 atom stereocenters. The Morgan fingerprint density at radius 2 is 1.73 bits per heavy atom. The zero-order valence-electron chi connectivity index (χ0n) is 22.0. The molecule has 5 rings (SSSR count). The summed E-state index contributed by atoms with van der Waals surface area (Å²) in [5.41, 5.74) is 1.47. The fourth-order valence-corrected chi connectivity index (χ4v) is 5.67. The average Bonchev–Trinajstić information content (AvgIpc) is 3.27. The Morgan fingerprint density at radius 1 is 1.05 bits per heavy atom. The number of nitrogens with zero attached hydrogens (tertiary/aromatic N) is 5. The molecule has 0 saturated carbocycles. The molecule has 0 spiro atoms. The highest BCUT2D eigenvalue weighted by Gasteiger charge is 2.47. The number of rotatable bonds is 7. The molecule has 0 N–H and O–H groups in total. The van der Waals surface area contributed by atoms with Gasteiger partial charge >= 0.3 is 0 Å². The van der Waals surface area contributed by atoms with Gasteiger partial charge in [0.1, 0.15) is 11.1 Å². The van der Waals surface area contributed by atoms with Crippen molar-refractivity contribution in [2.24, 2.45) is 0 Å². The first-order valence-electron chi connectivity index (χ1n) is 13.2. The van der Waals surface area contributed by atoms with Crippen LogP contribution in [0.15, 0.2) is 72.8 Å². The summed E-state index contributed by atoms with van der Waals surface area (Å²) in [4.78, 5) is 56.5. The van der Waals surface area contributed by atoms with Crippen LogP contribution in [0.1, 0.15) is 40.7 Å². The van der Waals surface area contributed by atoms with Crippen LogP contribution in [0.2, 0.25) is 5.02 Å². The van der Waals surface area contributed by atoms with Gasteiger partial charge < -0.3 is 4.90 Å². The van der Waals surface area contributed by atoms with Gasteiger partial charge in [-0.3, -0.25) is 29.4 Å². The van der Waals surface area contributed by atoms with Crippen LogP contribution in [0.5, 0.6) is 0 Å². The topological polar surface area (TPSA) is 128 Å². The lowest BCUT2D eigenvalue weighted by Crippen LogP contribution is -2.54. The van der Waals surface area contributed by atoms with Crippen LogP contribution in [0.25, 0.3) is 0 Å². The Hall–Kier alpha value is -4.59. The molecule has 0 aromatic heterocycles. The predicted octanol–water partition coefficient (Wildman–Crippen LogP) is 4.56. The van der Waals surface area contributed by atoms with E-state index < -0.39 is 34.4 Å². The molecule has 3 amide bonds. The smallest absolute Gasteiger partial charge is 0.288 e. The molecule has 3 aromatic rings. The van der Waals surface area contributed by atoms with E-state index in [1.54, 1.807) is 0 Å². The monoisotopic (exact) mass is 571 g/mol. The summed E-state index contributed by atoms with van der Waals surface area (Å²) in [5.74, 6) is -1.59. The van der Waals surface area contributed by atoms with Crippen molar-refractivity contribution in [3.63, 3.8) is 0 Å². The molecule has 2 aliphatic rings. The SMILES string of the molecule is N#Cc1ccc(N2C(=O)CC(N(C(=O)c3ccc(Cl)c([N+](=O)[O-])c3)C3CCN(Cc4ccccc4)CC3)C2=O)cc1. The number of hydrogen-bond acceptors (Lipinski definition) is 7. The highest BCUT2D eigenvalue weighted by atomic mass is 35.5. The molecule has 1 unspecified atom stereocenters. The largest absolute Gasteiger partial charge is 0.323 e. The van der Waals surface area contributed by atoms with E-state index in [9.17, 15) is 24.5 Å². The number of anilines is 1. The Balaban J connectivity index is 1.43. The predicted molar refractivity (Wildman–Crippen MR) is 151 cm³/mol. The van der Waals surface area contributed by atoms with Gasteiger partial charge in [-0.15, -0.1) is 0 Å². The van der Waals surface area contributed by atoms with Crippen LogP contribution in [0, 0.1) is 21.4 Å². The van der Waals surface area contributed by atoms with Crippen LogP contribution in [-0.4, -0.2) is 57.6 Å². The van der Waals surface area contributed by atoms with E-state index in [1.165, 1.54) is 46.9 Å². The number of imide groups is 1. The minimum absolute atomic E-state index is 0.0184. The number of piperidine rings is 1. The number of nitro benzene ring substituents is 1. The van der Waals surface area contributed by atoms with Gasteiger partial charge in [0.25, 0.3) is 17.5 Å². The zero-order chi connectivity index (χ0) is 29.1. The van der Waals surface area contributed by atoms with Crippen molar-refractivity contribution in [3.05, 3.63) is 105 Å². The minimum atomic E-state index is -1.08. The molecule has 2 heterocycles. The zero-order valence-corrected chi connectivity index (χ0v) is 22.7. The number of nitro groups is 1. The quantitative estimate of drug-likeness (QED) is 0.231. The number of nitriles is 1. The van der Waals surface area contributed by atoms with Crippen LogP contribution in [0.4, 0.5) is 11.4 Å². The van der Waals surface area contributed by atoms with Gasteiger partial charge in [0.2, 0.25) is 5.91 Å². The second-order valence-corrected chi connectivity index (χ2v) is 10.5. The Morgan fingerprint density at radius 3 is 2.37 bits per heavy atom. The summed E-state index contributed by atoms with van der Waals surface area (Å²) in [5, 5.41) is 20.5. The standard InChI is InChI=1S/C30H26ClN5O5/c31-25-11-8-22(16-26(25)36(40)41)29(38)34(24-12-14-33(15-13-24)19-21-4-2-1-3-5-21)27-17-28(37)35(30(27)39)23-9-6-20(18-32)7-10-23/h1-11,16,24,27H,12-15,17,19H2. The van der Waals surface area contributed by atoms with Crippen LogP contribution in [-0.2, 0) is 16.1 Å². The molecule has 2 aliphatic heterocycles. The van der Waals surface area contributed by atoms with E-state index >= 15 is 0 Å². The first-order chi connectivity index (χ1) is 19.8. The van der Waals surface area contributed by atoms with Crippen molar-refractivity contribution in [2.75, 3.05) is 18.0 Å². The minimum Gasteiger partial charge on any atom is -0.323 e. The van der Waals surface area contributed by atoms with Gasteiger partial charge in [0.05, 0.1) is 28.7 Å². The highest BCUT2D eigenvalue weighted by Crippen LogP contribution is 2.32. The summed E-state index contributed by atoms with van der Waals surface area (Å²) < 4.78 is 0. The summed E-state index contributed by atoms with van der Waals surface area (Å²) in [7, 11) is 0. The van der Waals surface area contributed by atoms with Crippen molar-refractivity contribution in [1.29, 1.82) is 5.26 Å². The number of likely N-dealkylation sites (tertiary alicyclic amines) is 1. The van der Waals surface area contributed by atoms with Crippen LogP contribution < -0.4 is 4.90 Å². The molecule has 208 valence electrons. The van der Waals surface area contributed by atoms with E-state index in [2.05, 4.69) is 17.0 Å². The number of carbonyl (C=O) groups excluding carboxylic acids is 3. The maximum absolute atomic E-state index is 14.0. The second kappa shape index (κ2) is 11.9. The lowest BCUT2D eigenvalue weighted by atomic mass is 9.98. The van der Waals surface area contributed by atoms with Crippen molar-refractivity contribution >= 4 is 40.7 Å². The lowest BCUT2D eigenvalue weighted by Gasteiger charge is -2.40. The Kier molecular flexibility index (Phi) is 8.10. The van der Waals surface area contributed by atoms with Gasteiger partial charge in [-0.25, -0.2) is 4.90 Å². The van der Waals surface area contributed by atoms with Gasteiger partial charge in [-0.1, -0.05) is 41.9 Å². The first-order valence-corrected chi connectivity index (χ1v) is 13.5. The van der Waals surface area contributed by atoms with Gasteiger partial charge in [-0.2, -0.15) is 5.26 Å². The first kappa shape index (κ1) is 28.0. The van der Waals surface area contributed by atoms with Crippen LogP contribution in [0.3, 0.4) is 0 Å². The van der Waals surface area contributed by atoms with Crippen molar-refractivity contribution in [1.82, 2.24) is 9.80 Å². The van der Waals surface area contributed by atoms with E-state index in [0.29, 0.717) is 37.2 Å². The maximum Gasteiger partial charge on any atom is 0.288 e. The molecule has 0 radical (unpaired) electrons. The number of amides is 3. The molecular weight excluding hydrogens is 546 g/mol. The molecule has 0 bridgehead atoms. The van der Waals surface area contributed by atoms with Crippen molar-refractivity contribution < 1.29 is 19.3 Å². The molecule has 3 aromatic carbocycles. The third-order valence-electron chi connectivity index (χ3n) is 7.54. The van der Waals surface area contributed by atoms with E-state index in [1.807, 2.05) is 24.3 Å². The number of halogens is 1. The lowest BCUT2D eigenvalue weighted by molar-refractivity contribution is -0.384. The Labute approximate surface area is 241 Å². The third-order valence-corrected chi connectivity index (χ3v) is 7.86. The summed E-state index contributed by atoms with van der Waals surface area (Å²) in [6, 6.07) is 20.5. The number of benzene rings is 3. The molecule has 11 heteroatoms. The Bertz CT molecular complexity index is 1530. The van der Waals surface area contributed by atoms with Crippen molar-refractivity contribution in [2.45, 2.75) is 37.9 Å². The fraction of sp³-hybridized carbons (Fsp3) is 0.267. The molecule has 2 fully saturated rings. The number of hydrogen-bond donors (Lipinski definition) is 0. The van der Waals surface area contributed by atoms with Crippen LogP contribution >= 0.6 is 11.6 Å². The normalized spacial score (nSPS) is 17.9. The maximum atomic E-state index is 14.0. The van der Waals surface area contributed by atoms with Gasteiger partial charge in [-0.05, 0) is 54.8 Å². The molecular formula is C30H26ClN5O5. The molecule has 2 saturated heterocycles. The molecule has 10 nitrogen and oxygen atoms in total. The summed E-state index contributed by atoms with van der Waals surface area (Å²) in [6.45, 7) is 2.08. The summed E-state index contributed by atoms with van der Waals surface area (Å²) >= 11 is 5.99. The summed E-state index contributed by atoms with van der Waals surface area (Å²) in [6.07, 6.45) is 0.899. The number of carbonyl (C=O) groups is 3. The molecule has 41 heavy (non-hydrogen) atoms. The van der Waals surface area contributed by atoms with E-state index in [0.717, 1.165) is 17.5 Å². The third kappa shape index (κ3) is 5.82. The highest BCUT2D eigenvalue weighted by molar-refractivity contribution is 6.32. The van der Waals surface area contributed by atoms with E-state index in [-0.39, 0.29) is 23.0 Å².